The monoisotopic (exact) mass is 291 g/mol. The third kappa shape index (κ3) is 3.08. The van der Waals surface area contributed by atoms with E-state index in [1.807, 2.05) is 0 Å². The van der Waals surface area contributed by atoms with E-state index in [2.05, 4.69) is 4.72 Å². The van der Waals surface area contributed by atoms with Gasteiger partial charge in [0.25, 0.3) is 0 Å². The van der Waals surface area contributed by atoms with Crippen LogP contribution in [0.5, 0.6) is 0 Å². The Kier molecular flexibility index (Phi) is 4.00. The molecule has 0 aliphatic carbocycles. The molecule has 1 aromatic heterocycles. The van der Waals surface area contributed by atoms with E-state index in [1.165, 1.54) is 12.1 Å². The van der Waals surface area contributed by atoms with E-state index >= 15 is 0 Å². The molecule has 0 radical (unpaired) electrons. The lowest BCUT2D eigenvalue weighted by molar-refractivity contribution is 0.0702. The molecule has 6 nitrogen and oxygen atoms in total. The number of carbonyl (C=O) groups is 1. The first kappa shape index (κ1) is 13.5. The Hall–Kier alpha value is -0.960. The Balaban J connectivity index is 2.02. The summed E-state index contributed by atoms with van der Waals surface area (Å²) in [5.41, 5.74) is 0. The molecule has 1 saturated heterocycles. The van der Waals surface area contributed by atoms with E-state index in [9.17, 15) is 13.2 Å². The number of ether oxygens (including phenoxy) is 1. The van der Waals surface area contributed by atoms with Gasteiger partial charge in [0.15, 0.2) is 0 Å². The number of nitrogens with one attached hydrogen (secondary N) is 1. The van der Waals surface area contributed by atoms with Gasteiger partial charge in [-0.1, -0.05) is 0 Å². The van der Waals surface area contributed by atoms with E-state index < -0.39 is 16.0 Å². The van der Waals surface area contributed by atoms with Gasteiger partial charge in [-0.25, -0.2) is 17.9 Å². The fourth-order valence-electron chi connectivity index (χ4n) is 1.62. The van der Waals surface area contributed by atoms with Crippen molar-refractivity contribution in [2.24, 2.45) is 5.92 Å². The summed E-state index contributed by atoms with van der Waals surface area (Å²) in [6.45, 7) is 1.55. The van der Waals surface area contributed by atoms with E-state index in [0.29, 0.717) is 19.8 Å². The molecule has 1 aliphatic heterocycles. The SMILES string of the molecule is O=C(O)c1ccc(S(=O)(=O)NCC2CCOC2)s1. The molecule has 0 aromatic carbocycles. The maximum Gasteiger partial charge on any atom is 0.345 e. The summed E-state index contributed by atoms with van der Waals surface area (Å²) in [5, 5.41) is 8.75. The van der Waals surface area contributed by atoms with Gasteiger partial charge in [-0.05, 0) is 24.5 Å². The standard InChI is InChI=1S/C10H13NO5S2/c12-10(13)8-1-2-9(17-8)18(14,15)11-5-7-3-4-16-6-7/h1-2,7,11H,3-6H2,(H,12,13). The first-order chi connectivity index (χ1) is 8.49. The number of hydrogen-bond acceptors (Lipinski definition) is 5. The molecular weight excluding hydrogens is 278 g/mol. The van der Waals surface area contributed by atoms with Gasteiger partial charge in [0, 0.05) is 13.2 Å². The van der Waals surface area contributed by atoms with Crippen LogP contribution in [0.15, 0.2) is 16.3 Å². The summed E-state index contributed by atoms with van der Waals surface area (Å²) >= 11 is 0.749. The second-order valence-electron chi connectivity index (χ2n) is 4.01. The second kappa shape index (κ2) is 5.35. The number of thiophene rings is 1. The molecule has 2 rings (SSSR count). The highest BCUT2D eigenvalue weighted by molar-refractivity contribution is 7.91. The van der Waals surface area contributed by atoms with Crippen molar-refractivity contribution in [1.82, 2.24) is 4.72 Å². The molecular formula is C10H13NO5S2. The lowest BCUT2D eigenvalue weighted by Crippen LogP contribution is -2.29. The molecule has 0 bridgehead atoms. The summed E-state index contributed by atoms with van der Waals surface area (Å²) in [5.74, 6) is -0.927. The van der Waals surface area contributed by atoms with Crippen LogP contribution in [0.3, 0.4) is 0 Å². The normalized spacial score (nSPS) is 20.1. The maximum atomic E-state index is 11.9. The van der Waals surface area contributed by atoms with E-state index in [0.717, 1.165) is 17.8 Å². The Bertz CT molecular complexity index is 530. The molecule has 2 heterocycles. The van der Waals surface area contributed by atoms with Crippen LogP contribution in [-0.2, 0) is 14.8 Å². The average molecular weight is 291 g/mol. The summed E-state index contributed by atoms with van der Waals surface area (Å²) < 4.78 is 31.4. The molecule has 2 N–H and O–H groups in total. The van der Waals surface area contributed by atoms with Gasteiger partial charge in [-0.15, -0.1) is 11.3 Å². The molecule has 0 amide bonds. The molecule has 8 heteroatoms. The number of rotatable bonds is 5. The number of carboxylic acids is 1. The number of carboxylic acid groups (broad SMARTS) is 1. The lowest BCUT2D eigenvalue weighted by Gasteiger charge is -2.08. The zero-order valence-electron chi connectivity index (χ0n) is 9.46. The zero-order chi connectivity index (χ0) is 13.2. The van der Waals surface area contributed by atoms with Crippen molar-refractivity contribution < 1.29 is 23.1 Å². The quantitative estimate of drug-likeness (QED) is 0.835. The van der Waals surface area contributed by atoms with Crippen LogP contribution in [0, 0.1) is 5.92 Å². The summed E-state index contributed by atoms with van der Waals surface area (Å²) in [7, 11) is -3.61. The first-order valence-electron chi connectivity index (χ1n) is 5.39. The van der Waals surface area contributed by atoms with Crippen LogP contribution in [0.25, 0.3) is 0 Å². The van der Waals surface area contributed by atoms with Crippen LogP contribution in [-0.4, -0.2) is 39.3 Å². The fourth-order valence-corrected chi connectivity index (χ4v) is 3.93. The van der Waals surface area contributed by atoms with Crippen molar-refractivity contribution in [3.8, 4) is 0 Å². The molecule has 100 valence electrons. The van der Waals surface area contributed by atoms with Crippen LogP contribution < -0.4 is 4.72 Å². The van der Waals surface area contributed by atoms with Crippen molar-refractivity contribution in [1.29, 1.82) is 0 Å². The van der Waals surface area contributed by atoms with Crippen LogP contribution in [0.4, 0.5) is 0 Å². The first-order valence-corrected chi connectivity index (χ1v) is 7.69. The van der Waals surface area contributed by atoms with Crippen molar-refractivity contribution in [3.63, 3.8) is 0 Å². The van der Waals surface area contributed by atoms with Gasteiger partial charge in [-0.2, -0.15) is 0 Å². The van der Waals surface area contributed by atoms with Crippen molar-refractivity contribution in [2.75, 3.05) is 19.8 Å². The Morgan fingerprint density at radius 3 is 2.89 bits per heavy atom. The predicted octanol–water partition coefficient (Wildman–Crippen LogP) is 0.761. The largest absolute Gasteiger partial charge is 0.477 e. The van der Waals surface area contributed by atoms with E-state index in [-0.39, 0.29) is 15.0 Å². The maximum absolute atomic E-state index is 11.9. The van der Waals surface area contributed by atoms with Crippen LogP contribution >= 0.6 is 11.3 Å². The van der Waals surface area contributed by atoms with Crippen LogP contribution in [0.1, 0.15) is 16.1 Å². The number of hydrogen-bond donors (Lipinski definition) is 2. The van der Waals surface area contributed by atoms with Crippen molar-refractivity contribution >= 4 is 27.3 Å². The zero-order valence-corrected chi connectivity index (χ0v) is 11.1. The molecule has 0 saturated carbocycles. The third-order valence-electron chi connectivity index (χ3n) is 2.64. The number of sulfonamides is 1. The van der Waals surface area contributed by atoms with E-state index in [1.54, 1.807) is 0 Å². The Morgan fingerprint density at radius 1 is 1.56 bits per heavy atom. The average Bonchev–Trinajstić information content (AvgIpc) is 2.98. The molecule has 1 fully saturated rings. The van der Waals surface area contributed by atoms with Gasteiger partial charge in [0.2, 0.25) is 10.0 Å². The second-order valence-corrected chi connectivity index (χ2v) is 7.08. The smallest absolute Gasteiger partial charge is 0.345 e. The molecule has 1 atom stereocenters. The highest BCUT2D eigenvalue weighted by atomic mass is 32.2. The fraction of sp³-hybridized carbons (Fsp3) is 0.500. The van der Waals surface area contributed by atoms with Gasteiger partial charge >= 0.3 is 5.97 Å². The van der Waals surface area contributed by atoms with Gasteiger partial charge in [0.05, 0.1) is 6.61 Å². The van der Waals surface area contributed by atoms with Crippen molar-refractivity contribution in [3.05, 3.63) is 17.0 Å². The highest BCUT2D eigenvalue weighted by Crippen LogP contribution is 2.22. The summed E-state index contributed by atoms with van der Waals surface area (Å²) in [4.78, 5) is 10.7. The summed E-state index contributed by atoms with van der Waals surface area (Å²) in [6, 6.07) is 2.60. The minimum Gasteiger partial charge on any atom is -0.477 e. The topological polar surface area (TPSA) is 92.7 Å². The van der Waals surface area contributed by atoms with Gasteiger partial charge < -0.3 is 9.84 Å². The number of aromatic carboxylic acids is 1. The van der Waals surface area contributed by atoms with Gasteiger partial charge in [-0.3, -0.25) is 0 Å². The van der Waals surface area contributed by atoms with Gasteiger partial charge in [0.1, 0.15) is 9.09 Å². The molecule has 1 aliphatic rings. The molecule has 0 spiro atoms. The molecule has 1 unspecified atom stereocenters. The third-order valence-corrected chi connectivity index (χ3v) is 5.63. The summed E-state index contributed by atoms with van der Waals surface area (Å²) in [6.07, 6.45) is 0.841. The van der Waals surface area contributed by atoms with Crippen molar-refractivity contribution in [2.45, 2.75) is 10.6 Å². The molecule has 1 aromatic rings. The minimum absolute atomic E-state index is 0.0135. The minimum atomic E-state index is -3.61. The van der Waals surface area contributed by atoms with E-state index in [4.69, 9.17) is 9.84 Å². The Morgan fingerprint density at radius 2 is 2.33 bits per heavy atom. The highest BCUT2D eigenvalue weighted by Gasteiger charge is 2.22. The predicted molar refractivity (Wildman–Crippen MR) is 65.4 cm³/mol. The molecule has 18 heavy (non-hydrogen) atoms. The van der Waals surface area contributed by atoms with Crippen LogP contribution in [0.2, 0.25) is 0 Å². The Labute approximate surface area is 109 Å². The lowest BCUT2D eigenvalue weighted by atomic mass is 10.1.